The number of nitrogens with one attached hydrogen (secondary N) is 1. The van der Waals surface area contributed by atoms with Gasteiger partial charge in [-0.2, -0.15) is 0 Å². The quantitative estimate of drug-likeness (QED) is 0.457. The molecule has 172 valence electrons. The van der Waals surface area contributed by atoms with Crippen LogP contribution in [0.25, 0.3) is 0 Å². The topological polar surface area (TPSA) is 92.7 Å². The van der Waals surface area contributed by atoms with Crippen LogP contribution in [0, 0.1) is 0 Å². The first-order valence-corrected chi connectivity index (χ1v) is 12.8. The van der Waals surface area contributed by atoms with E-state index >= 15 is 0 Å². The third-order valence-corrected chi connectivity index (χ3v) is 6.87. The monoisotopic (exact) mass is 485 g/mol. The smallest absolute Gasteiger partial charge is 0.259 e. The molecule has 6 nitrogen and oxygen atoms in total. The summed E-state index contributed by atoms with van der Waals surface area (Å²) in [6.07, 6.45) is 3.90. The van der Waals surface area contributed by atoms with Crippen LogP contribution in [0.4, 0.5) is 5.69 Å². The standard InChI is InChI=1S/C25H24ClNO5S/c1-33(30,31)20-8-2-16(3-9-20)12-13-32-24-11-7-19(26)15-22(24)27-25(29)21-14-18(17-4-5-17)6-10-23(21)28/h2-3,6-11,14-15,17,28H,4-5,12-13H2,1H3,(H,27,29). The third-order valence-electron chi connectivity index (χ3n) is 5.50. The summed E-state index contributed by atoms with van der Waals surface area (Å²) >= 11 is 6.13. The van der Waals surface area contributed by atoms with Gasteiger partial charge in [-0.3, -0.25) is 4.79 Å². The molecule has 0 atom stereocenters. The van der Waals surface area contributed by atoms with Crippen LogP contribution in [0.15, 0.2) is 65.6 Å². The van der Waals surface area contributed by atoms with E-state index in [4.69, 9.17) is 16.3 Å². The molecule has 0 aromatic heterocycles. The van der Waals surface area contributed by atoms with Crippen LogP contribution in [0.3, 0.4) is 0 Å². The van der Waals surface area contributed by atoms with Gasteiger partial charge >= 0.3 is 0 Å². The lowest BCUT2D eigenvalue weighted by atomic mass is 10.1. The molecule has 0 heterocycles. The number of ether oxygens (including phenoxy) is 1. The highest BCUT2D eigenvalue weighted by Gasteiger charge is 2.25. The summed E-state index contributed by atoms with van der Waals surface area (Å²) in [5, 5.41) is 13.4. The number of benzene rings is 3. The van der Waals surface area contributed by atoms with Crippen molar-refractivity contribution >= 4 is 33.0 Å². The molecule has 1 aliphatic carbocycles. The molecule has 1 fully saturated rings. The number of carbonyl (C=O) groups is 1. The van der Waals surface area contributed by atoms with Crippen LogP contribution in [0.2, 0.25) is 5.02 Å². The van der Waals surface area contributed by atoms with Crippen LogP contribution >= 0.6 is 11.6 Å². The van der Waals surface area contributed by atoms with E-state index in [1.165, 1.54) is 6.26 Å². The molecule has 8 heteroatoms. The van der Waals surface area contributed by atoms with E-state index < -0.39 is 15.7 Å². The zero-order valence-corrected chi connectivity index (χ0v) is 19.6. The number of rotatable bonds is 8. The fourth-order valence-electron chi connectivity index (χ4n) is 3.50. The summed E-state index contributed by atoms with van der Waals surface area (Å²) in [4.78, 5) is 13.2. The van der Waals surface area contributed by atoms with Gasteiger partial charge in [-0.15, -0.1) is 0 Å². The van der Waals surface area contributed by atoms with Gasteiger partial charge in [-0.25, -0.2) is 8.42 Å². The Balaban J connectivity index is 1.44. The van der Waals surface area contributed by atoms with E-state index in [1.54, 1.807) is 54.6 Å². The number of hydrogen-bond acceptors (Lipinski definition) is 5. The van der Waals surface area contributed by atoms with E-state index in [2.05, 4.69) is 5.32 Å². The SMILES string of the molecule is CS(=O)(=O)c1ccc(CCOc2ccc(Cl)cc2NC(=O)c2cc(C3CC3)ccc2O)cc1. The Labute approximate surface area is 198 Å². The molecule has 0 aliphatic heterocycles. The Hall–Kier alpha value is -3.03. The number of aromatic hydroxyl groups is 1. The van der Waals surface area contributed by atoms with E-state index in [0.717, 1.165) is 24.0 Å². The lowest BCUT2D eigenvalue weighted by molar-refractivity contribution is 0.102. The number of sulfone groups is 1. The number of phenolic OH excluding ortho intramolecular Hbond substituents is 1. The van der Waals surface area contributed by atoms with Crippen molar-refractivity contribution in [3.63, 3.8) is 0 Å². The summed E-state index contributed by atoms with van der Waals surface area (Å²) in [6, 6.07) is 16.7. The molecule has 0 saturated heterocycles. The number of halogens is 1. The Kier molecular flexibility index (Phi) is 6.63. The molecule has 1 aliphatic rings. The van der Waals surface area contributed by atoms with Crippen LogP contribution in [-0.2, 0) is 16.3 Å². The normalized spacial score (nSPS) is 13.5. The predicted molar refractivity (Wildman–Crippen MR) is 128 cm³/mol. The molecule has 0 bridgehead atoms. The summed E-state index contributed by atoms with van der Waals surface area (Å²) in [5.74, 6) is 0.365. The second-order valence-electron chi connectivity index (χ2n) is 8.16. The molecule has 2 N–H and O–H groups in total. The lowest BCUT2D eigenvalue weighted by Crippen LogP contribution is -2.14. The van der Waals surface area contributed by atoms with Gasteiger partial charge in [0.1, 0.15) is 11.5 Å². The van der Waals surface area contributed by atoms with Crippen LogP contribution in [0.5, 0.6) is 11.5 Å². The first kappa shape index (κ1) is 23.1. The molecule has 33 heavy (non-hydrogen) atoms. The van der Waals surface area contributed by atoms with Crippen LogP contribution in [-0.4, -0.2) is 32.3 Å². The van der Waals surface area contributed by atoms with Crippen molar-refractivity contribution in [2.75, 3.05) is 18.2 Å². The Morgan fingerprint density at radius 1 is 1.09 bits per heavy atom. The van der Waals surface area contributed by atoms with Gasteiger partial charge in [0.25, 0.3) is 5.91 Å². The van der Waals surface area contributed by atoms with Crippen molar-refractivity contribution in [2.45, 2.75) is 30.1 Å². The zero-order valence-electron chi connectivity index (χ0n) is 18.0. The molecule has 0 radical (unpaired) electrons. The van der Waals surface area contributed by atoms with Gasteiger partial charge in [0, 0.05) is 17.7 Å². The van der Waals surface area contributed by atoms with Gasteiger partial charge in [-0.05, 0) is 72.4 Å². The average molecular weight is 486 g/mol. The van der Waals surface area contributed by atoms with Crippen molar-refractivity contribution in [3.8, 4) is 11.5 Å². The van der Waals surface area contributed by atoms with E-state index in [9.17, 15) is 18.3 Å². The van der Waals surface area contributed by atoms with Gasteiger partial charge < -0.3 is 15.2 Å². The number of anilines is 1. The van der Waals surface area contributed by atoms with Gasteiger partial charge in [0.15, 0.2) is 9.84 Å². The average Bonchev–Trinajstić information content (AvgIpc) is 3.61. The molecular weight excluding hydrogens is 462 g/mol. The second kappa shape index (κ2) is 9.45. The molecule has 0 unspecified atom stereocenters. The molecule has 4 rings (SSSR count). The predicted octanol–water partition coefficient (Wildman–Crippen LogP) is 5.20. The van der Waals surface area contributed by atoms with Gasteiger partial charge in [0.05, 0.1) is 22.8 Å². The van der Waals surface area contributed by atoms with E-state index in [-0.39, 0.29) is 16.2 Å². The molecular formula is C25H24ClNO5S. The van der Waals surface area contributed by atoms with Crippen molar-refractivity contribution in [1.82, 2.24) is 0 Å². The second-order valence-corrected chi connectivity index (χ2v) is 10.6. The summed E-state index contributed by atoms with van der Waals surface area (Å²) in [5.41, 5.74) is 2.57. The minimum absolute atomic E-state index is 0.0843. The van der Waals surface area contributed by atoms with Crippen molar-refractivity contribution in [1.29, 1.82) is 0 Å². The number of amides is 1. The number of phenols is 1. The van der Waals surface area contributed by atoms with E-state index in [1.807, 2.05) is 6.07 Å². The zero-order chi connectivity index (χ0) is 23.6. The van der Waals surface area contributed by atoms with Crippen molar-refractivity contribution < 1.29 is 23.1 Å². The molecule has 3 aromatic rings. The highest BCUT2D eigenvalue weighted by Crippen LogP contribution is 2.41. The van der Waals surface area contributed by atoms with Gasteiger partial charge in [0.2, 0.25) is 0 Å². The molecule has 3 aromatic carbocycles. The number of hydrogen-bond donors (Lipinski definition) is 2. The van der Waals surface area contributed by atoms with Crippen LogP contribution < -0.4 is 10.1 Å². The largest absolute Gasteiger partial charge is 0.507 e. The van der Waals surface area contributed by atoms with Crippen molar-refractivity contribution in [2.24, 2.45) is 0 Å². The van der Waals surface area contributed by atoms with Crippen LogP contribution in [0.1, 0.15) is 40.2 Å². The first-order valence-electron chi connectivity index (χ1n) is 10.6. The maximum Gasteiger partial charge on any atom is 0.259 e. The third kappa shape index (κ3) is 5.86. The highest BCUT2D eigenvalue weighted by atomic mass is 35.5. The van der Waals surface area contributed by atoms with Crippen molar-refractivity contribution in [3.05, 3.63) is 82.4 Å². The summed E-state index contributed by atoms with van der Waals surface area (Å²) in [6.45, 7) is 0.311. The fraction of sp³-hybridized carbons (Fsp3) is 0.240. The Bertz CT molecular complexity index is 1280. The minimum Gasteiger partial charge on any atom is -0.507 e. The van der Waals surface area contributed by atoms with E-state index in [0.29, 0.717) is 35.4 Å². The summed E-state index contributed by atoms with van der Waals surface area (Å²) in [7, 11) is -3.24. The summed E-state index contributed by atoms with van der Waals surface area (Å²) < 4.78 is 29.1. The molecule has 1 saturated carbocycles. The molecule has 1 amide bonds. The fourth-order valence-corrected chi connectivity index (χ4v) is 4.31. The maximum absolute atomic E-state index is 12.9. The lowest BCUT2D eigenvalue weighted by Gasteiger charge is -2.14. The molecule has 0 spiro atoms. The Morgan fingerprint density at radius 2 is 1.82 bits per heavy atom. The highest BCUT2D eigenvalue weighted by molar-refractivity contribution is 7.90. The number of carbonyl (C=O) groups excluding carboxylic acids is 1. The van der Waals surface area contributed by atoms with Gasteiger partial charge in [-0.1, -0.05) is 29.8 Å². The minimum atomic E-state index is -3.24. The first-order chi connectivity index (χ1) is 15.7. The maximum atomic E-state index is 12.9. The Morgan fingerprint density at radius 3 is 2.48 bits per heavy atom.